The van der Waals surface area contributed by atoms with Crippen LogP contribution >= 0.6 is 46.4 Å². The molecule has 0 aliphatic heterocycles. The highest BCUT2D eigenvalue weighted by atomic mass is 35.5. The number of aromatic nitrogens is 5. The van der Waals surface area contributed by atoms with Crippen LogP contribution in [0.25, 0.3) is 0 Å². The second-order valence-corrected chi connectivity index (χ2v) is 9.98. The maximum atomic E-state index is 12.8. The van der Waals surface area contributed by atoms with E-state index in [2.05, 4.69) is 30.1 Å². The zero-order valence-electron chi connectivity index (χ0n) is 25.2. The number of carbonyl (C=O) groups is 2. The van der Waals surface area contributed by atoms with E-state index in [0.29, 0.717) is 11.8 Å². The number of carbonyl (C=O) groups excluding carboxylic acids is 1. The standard InChI is InChI=1S/C6H4ClFN2O.C6H3ClFNO2.C6H5ClFNO.C6H3ClFNO.C6H7FN2/c7-6-5(8)4(3-10-11)1-2-9-6;7-5-4(8)3(6(10)11)1-2-9-5;2*7-6-5(8)4(3-10)1-2-9-6;7-6-4-9-2-1-5(6)3-8/h1-3,11H;1-2H,(H,10,11);1-2,10H,3H2;1-3H;1-2,4H,3,8H2/b10-3+;;;;. The van der Waals surface area contributed by atoms with Gasteiger partial charge in [0.1, 0.15) is 5.82 Å². The third kappa shape index (κ3) is 14.8. The summed E-state index contributed by atoms with van der Waals surface area (Å²) in [6.45, 7) is -0.123. The first-order valence-corrected chi connectivity index (χ1v) is 14.7. The monoisotopic (exact) mass is 795 g/mol. The van der Waals surface area contributed by atoms with Crippen LogP contribution in [0.2, 0.25) is 20.6 Å². The zero-order valence-corrected chi connectivity index (χ0v) is 28.3. The fourth-order valence-corrected chi connectivity index (χ4v) is 3.51. The Morgan fingerprint density at radius 3 is 1.61 bits per heavy atom. The van der Waals surface area contributed by atoms with Crippen LogP contribution in [0.4, 0.5) is 22.0 Å². The van der Waals surface area contributed by atoms with Gasteiger partial charge in [0.25, 0.3) is 0 Å². The normalized spacial score (nSPS) is 9.86. The number of aldehydes is 1. The SMILES string of the molecule is NCc1ccncc1F.O/N=C/c1ccnc(Cl)c1F.O=C(O)c1ccnc(Cl)c1F.O=Cc1ccnc(Cl)c1F.OCc1ccnc(Cl)c1F. The minimum Gasteiger partial charge on any atom is -0.478 e. The maximum absolute atomic E-state index is 12.8. The van der Waals surface area contributed by atoms with Crippen molar-refractivity contribution < 1.29 is 47.0 Å². The number of hydrogen-bond acceptors (Lipinski definition) is 11. The largest absolute Gasteiger partial charge is 0.478 e. The lowest BCUT2D eigenvalue weighted by Gasteiger charge is -1.97. The summed E-state index contributed by atoms with van der Waals surface area (Å²) in [4.78, 5) is 37.6. The van der Waals surface area contributed by atoms with Gasteiger partial charge in [-0.3, -0.25) is 9.78 Å². The van der Waals surface area contributed by atoms with Crippen molar-refractivity contribution >= 4 is 64.9 Å². The van der Waals surface area contributed by atoms with Crippen LogP contribution in [0.5, 0.6) is 0 Å². The lowest BCUT2D eigenvalue weighted by Crippen LogP contribution is -2.01. The molecule has 0 spiro atoms. The van der Waals surface area contributed by atoms with Crippen molar-refractivity contribution in [1.82, 2.24) is 24.9 Å². The molecule has 0 saturated heterocycles. The highest BCUT2D eigenvalue weighted by molar-refractivity contribution is 6.30. The third-order valence-corrected chi connectivity index (χ3v) is 6.38. The number of carboxylic acids is 1. The molecule has 12 nitrogen and oxygen atoms in total. The fourth-order valence-electron chi connectivity index (χ4n) is 2.85. The van der Waals surface area contributed by atoms with E-state index in [9.17, 15) is 31.5 Å². The first-order valence-electron chi connectivity index (χ1n) is 13.2. The van der Waals surface area contributed by atoms with E-state index >= 15 is 0 Å². The van der Waals surface area contributed by atoms with Crippen LogP contribution in [-0.4, -0.2) is 58.8 Å². The lowest BCUT2D eigenvalue weighted by molar-refractivity contribution is 0.0691. The van der Waals surface area contributed by atoms with Crippen LogP contribution in [0, 0.1) is 29.1 Å². The van der Waals surface area contributed by atoms with E-state index in [1.54, 1.807) is 6.07 Å². The number of halogens is 9. The maximum Gasteiger partial charge on any atom is 0.338 e. The van der Waals surface area contributed by atoms with Crippen molar-refractivity contribution in [1.29, 1.82) is 0 Å². The number of nitrogens with two attached hydrogens (primary N) is 1. The van der Waals surface area contributed by atoms with Crippen LogP contribution in [0.3, 0.4) is 0 Å². The molecule has 0 unspecified atom stereocenters. The summed E-state index contributed by atoms with van der Waals surface area (Å²) in [5, 5.41) is 26.5. The van der Waals surface area contributed by atoms with E-state index in [4.69, 9.17) is 67.6 Å². The third-order valence-electron chi connectivity index (χ3n) is 5.33. The smallest absolute Gasteiger partial charge is 0.338 e. The average molecular weight is 797 g/mol. The molecule has 0 aliphatic carbocycles. The second kappa shape index (κ2) is 23.5. The summed E-state index contributed by atoms with van der Waals surface area (Å²) in [5.74, 6) is -4.79. The molecule has 5 heterocycles. The molecule has 5 N–H and O–H groups in total. The number of rotatable bonds is 5. The molecule has 5 rings (SSSR count). The fraction of sp³-hybridized carbons (Fsp3) is 0.0667. The summed E-state index contributed by atoms with van der Waals surface area (Å²) < 4.78 is 63.1. The average Bonchev–Trinajstić information content (AvgIpc) is 3.12. The molecular formula is C30H22Cl4F5N7O5. The van der Waals surface area contributed by atoms with Crippen LogP contribution in [0.15, 0.2) is 72.7 Å². The van der Waals surface area contributed by atoms with Gasteiger partial charge in [-0.2, -0.15) is 0 Å². The van der Waals surface area contributed by atoms with Gasteiger partial charge < -0.3 is 21.2 Å². The van der Waals surface area contributed by atoms with Gasteiger partial charge in [-0.1, -0.05) is 51.6 Å². The Balaban J connectivity index is 0.000000319. The number of carboxylic acid groups (broad SMARTS) is 1. The van der Waals surface area contributed by atoms with Crippen molar-refractivity contribution in [3.8, 4) is 0 Å². The Bertz CT molecular complexity index is 1930. The van der Waals surface area contributed by atoms with Crippen molar-refractivity contribution in [3.05, 3.63) is 145 Å². The molecule has 0 aromatic carbocycles. The first kappa shape index (κ1) is 44.1. The van der Waals surface area contributed by atoms with Gasteiger partial charge in [0.2, 0.25) is 0 Å². The van der Waals surface area contributed by atoms with Crippen LogP contribution < -0.4 is 5.73 Å². The van der Waals surface area contributed by atoms with E-state index in [-0.39, 0.29) is 51.1 Å². The van der Waals surface area contributed by atoms with Crippen molar-refractivity contribution in [2.75, 3.05) is 0 Å². The highest BCUT2D eigenvalue weighted by Crippen LogP contribution is 2.16. The molecule has 0 amide bonds. The highest BCUT2D eigenvalue weighted by Gasteiger charge is 2.13. The number of aliphatic hydroxyl groups is 1. The van der Waals surface area contributed by atoms with Gasteiger partial charge in [0, 0.05) is 54.2 Å². The molecule has 270 valence electrons. The lowest BCUT2D eigenvalue weighted by atomic mass is 10.3. The molecule has 0 atom stereocenters. The molecule has 0 aliphatic rings. The predicted molar refractivity (Wildman–Crippen MR) is 177 cm³/mol. The Labute approximate surface area is 305 Å². The van der Waals surface area contributed by atoms with Crippen LogP contribution in [-0.2, 0) is 13.2 Å². The van der Waals surface area contributed by atoms with Gasteiger partial charge in [0.15, 0.2) is 50.2 Å². The number of oxime groups is 1. The molecule has 0 saturated carbocycles. The van der Waals surface area contributed by atoms with Crippen molar-refractivity contribution in [2.24, 2.45) is 10.9 Å². The number of nitrogens with zero attached hydrogens (tertiary/aromatic N) is 6. The van der Waals surface area contributed by atoms with Gasteiger partial charge in [0.05, 0.1) is 30.1 Å². The van der Waals surface area contributed by atoms with Gasteiger partial charge >= 0.3 is 5.97 Å². The number of hydrogen-bond donors (Lipinski definition) is 4. The van der Waals surface area contributed by atoms with Gasteiger partial charge in [-0.15, -0.1) is 0 Å². The number of aliphatic hydroxyl groups excluding tert-OH is 1. The van der Waals surface area contributed by atoms with E-state index < -0.39 is 40.0 Å². The topological polar surface area (TPSA) is 198 Å². The first-order chi connectivity index (χ1) is 24.2. The summed E-state index contributed by atoms with van der Waals surface area (Å²) >= 11 is 21.1. The van der Waals surface area contributed by atoms with E-state index in [0.717, 1.165) is 24.7 Å². The molecule has 5 aromatic rings. The predicted octanol–water partition coefficient (Wildman–Crippen LogP) is 6.99. The summed E-state index contributed by atoms with van der Waals surface area (Å²) in [5.41, 5.74) is 5.42. The molecule has 51 heavy (non-hydrogen) atoms. The van der Waals surface area contributed by atoms with Crippen molar-refractivity contribution in [2.45, 2.75) is 13.2 Å². The summed E-state index contributed by atoms with van der Waals surface area (Å²) in [6, 6.07) is 6.59. The molecule has 21 heteroatoms. The molecule has 5 aromatic heterocycles. The van der Waals surface area contributed by atoms with Gasteiger partial charge in [-0.05, 0) is 30.3 Å². The van der Waals surface area contributed by atoms with Gasteiger partial charge in [-0.25, -0.2) is 46.7 Å². The zero-order chi connectivity index (χ0) is 38.5. The van der Waals surface area contributed by atoms with Crippen LogP contribution in [0.1, 0.15) is 37.4 Å². The summed E-state index contributed by atoms with van der Waals surface area (Å²) in [7, 11) is 0. The quantitative estimate of drug-likeness (QED) is 0.0357. The Morgan fingerprint density at radius 2 is 1.20 bits per heavy atom. The second-order valence-electron chi connectivity index (χ2n) is 8.55. The summed E-state index contributed by atoms with van der Waals surface area (Å²) in [6.07, 6.45) is 9.09. The van der Waals surface area contributed by atoms with Crippen molar-refractivity contribution in [3.63, 3.8) is 0 Å². The molecule has 0 bridgehead atoms. The van der Waals surface area contributed by atoms with E-state index in [1.165, 1.54) is 43.0 Å². The Hall–Kier alpha value is -4.91. The number of aromatic carboxylic acids is 1. The molecule has 0 radical (unpaired) electrons. The molecular weight excluding hydrogens is 775 g/mol. The Morgan fingerprint density at radius 1 is 0.725 bits per heavy atom. The minimum atomic E-state index is -1.35. The van der Waals surface area contributed by atoms with E-state index in [1.807, 2.05) is 0 Å². The minimum absolute atomic E-state index is 0.0694. The molecule has 0 fully saturated rings. The Kier molecular flexibility index (Phi) is 20.3. The number of pyridine rings is 5.